The zero-order valence-corrected chi connectivity index (χ0v) is 14.9. The van der Waals surface area contributed by atoms with Gasteiger partial charge in [0, 0.05) is 24.6 Å². The van der Waals surface area contributed by atoms with Crippen LogP contribution in [0.1, 0.15) is 23.2 Å². The molecular weight excluding hydrogens is 354 g/mol. The van der Waals surface area contributed by atoms with Crippen LogP contribution in [0.25, 0.3) is 0 Å². The van der Waals surface area contributed by atoms with E-state index in [1.807, 2.05) is 18.2 Å². The molecule has 1 aliphatic heterocycles. The smallest absolute Gasteiger partial charge is 0.257 e. The molecule has 26 heavy (non-hydrogen) atoms. The summed E-state index contributed by atoms with van der Waals surface area (Å²) >= 11 is 6.16. The SMILES string of the molecule is NC1(C(=O)Nc2ccc(Cl)c(C(=O)Nc3ccccc3)c2)CCOCC1. The molecule has 2 aromatic carbocycles. The van der Waals surface area contributed by atoms with Crippen molar-refractivity contribution in [2.45, 2.75) is 18.4 Å². The highest BCUT2D eigenvalue weighted by atomic mass is 35.5. The van der Waals surface area contributed by atoms with E-state index in [9.17, 15) is 9.59 Å². The minimum absolute atomic E-state index is 0.270. The summed E-state index contributed by atoms with van der Waals surface area (Å²) in [6.45, 7) is 0.907. The topological polar surface area (TPSA) is 93.5 Å². The Kier molecular flexibility index (Phi) is 5.56. The maximum absolute atomic E-state index is 12.5. The number of benzene rings is 2. The standard InChI is InChI=1S/C19H20ClN3O3/c20-16-7-6-14(23-18(25)19(21)8-10-26-11-9-19)12-15(16)17(24)22-13-4-2-1-3-5-13/h1-7,12H,8-11,21H2,(H,22,24)(H,23,25). The molecule has 0 saturated carbocycles. The van der Waals surface area contributed by atoms with Gasteiger partial charge in [-0.25, -0.2) is 0 Å². The fourth-order valence-corrected chi connectivity index (χ4v) is 2.92. The highest BCUT2D eigenvalue weighted by Crippen LogP contribution is 2.24. The Morgan fingerprint density at radius 1 is 1.00 bits per heavy atom. The number of hydrogen-bond acceptors (Lipinski definition) is 4. The van der Waals surface area contributed by atoms with Gasteiger partial charge in [0.2, 0.25) is 5.91 Å². The van der Waals surface area contributed by atoms with Gasteiger partial charge in [0.15, 0.2) is 0 Å². The van der Waals surface area contributed by atoms with E-state index >= 15 is 0 Å². The van der Waals surface area contributed by atoms with Crippen LogP contribution in [0.2, 0.25) is 5.02 Å². The summed E-state index contributed by atoms with van der Waals surface area (Å²) in [5, 5.41) is 5.85. The van der Waals surface area contributed by atoms with Gasteiger partial charge >= 0.3 is 0 Å². The van der Waals surface area contributed by atoms with E-state index in [4.69, 9.17) is 22.1 Å². The first-order chi connectivity index (χ1) is 12.5. The van der Waals surface area contributed by atoms with Crippen molar-refractivity contribution in [1.29, 1.82) is 0 Å². The molecule has 0 aliphatic carbocycles. The zero-order chi connectivity index (χ0) is 18.6. The van der Waals surface area contributed by atoms with Crippen molar-refractivity contribution < 1.29 is 14.3 Å². The number of carbonyl (C=O) groups is 2. The van der Waals surface area contributed by atoms with E-state index in [1.54, 1.807) is 30.3 Å². The lowest BCUT2D eigenvalue weighted by Crippen LogP contribution is -2.54. The molecule has 0 atom stereocenters. The van der Waals surface area contributed by atoms with Crippen LogP contribution in [0.3, 0.4) is 0 Å². The Labute approximate surface area is 156 Å². The van der Waals surface area contributed by atoms with E-state index < -0.39 is 5.54 Å². The molecule has 1 saturated heterocycles. The van der Waals surface area contributed by atoms with E-state index in [0.29, 0.717) is 42.5 Å². The number of nitrogens with two attached hydrogens (primary N) is 1. The van der Waals surface area contributed by atoms with E-state index in [-0.39, 0.29) is 17.4 Å². The predicted octanol–water partition coefficient (Wildman–Crippen LogP) is 3.04. The Morgan fingerprint density at radius 2 is 1.69 bits per heavy atom. The van der Waals surface area contributed by atoms with Crippen molar-refractivity contribution in [2.24, 2.45) is 5.73 Å². The quantitative estimate of drug-likeness (QED) is 0.767. The highest BCUT2D eigenvalue weighted by Gasteiger charge is 2.36. The van der Waals surface area contributed by atoms with E-state index in [0.717, 1.165) is 0 Å². The Bertz CT molecular complexity index is 805. The number of halogens is 1. The van der Waals surface area contributed by atoms with Gasteiger partial charge in [-0.15, -0.1) is 0 Å². The van der Waals surface area contributed by atoms with Gasteiger partial charge in [-0.05, 0) is 43.2 Å². The first-order valence-electron chi connectivity index (χ1n) is 8.32. The van der Waals surface area contributed by atoms with Crippen LogP contribution >= 0.6 is 11.6 Å². The molecule has 2 aromatic rings. The fraction of sp³-hybridized carbons (Fsp3) is 0.263. The molecule has 1 fully saturated rings. The molecule has 0 radical (unpaired) electrons. The molecule has 0 bridgehead atoms. The lowest BCUT2D eigenvalue weighted by Gasteiger charge is -2.31. The highest BCUT2D eigenvalue weighted by molar-refractivity contribution is 6.34. The van der Waals surface area contributed by atoms with Gasteiger partial charge in [-0.2, -0.15) is 0 Å². The third-order valence-corrected chi connectivity index (χ3v) is 4.67. The van der Waals surface area contributed by atoms with Crippen LogP contribution in [-0.4, -0.2) is 30.6 Å². The number of nitrogens with one attached hydrogen (secondary N) is 2. The molecule has 0 aromatic heterocycles. The second-order valence-corrected chi connectivity index (χ2v) is 6.64. The number of carbonyl (C=O) groups excluding carboxylic acids is 2. The van der Waals surface area contributed by atoms with Crippen molar-refractivity contribution in [3.63, 3.8) is 0 Å². The molecule has 4 N–H and O–H groups in total. The summed E-state index contributed by atoms with van der Waals surface area (Å²) in [6, 6.07) is 13.8. The van der Waals surface area contributed by atoms with Gasteiger partial charge < -0.3 is 21.1 Å². The van der Waals surface area contributed by atoms with Crippen LogP contribution in [0.4, 0.5) is 11.4 Å². The minimum Gasteiger partial charge on any atom is -0.381 e. The molecule has 2 amide bonds. The van der Waals surface area contributed by atoms with Crippen LogP contribution in [0.5, 0.6) is 0 Å². The Balaban J connectivity index is 1.75. The zero-order valence-electron chi connectivity index (χ0n) is 14.1. The monoisotopic (exact) mass is 373 g/mol. The third kappa shape index (κ3) is 4.22. The summed E-state index contributed by atoms with van der Waals surface area (Å²) in [5.74, 6) is -0.650. The molecule has 3 rings (SSSR count). The largest absolute Gasteiger partial charge is 0.381 e. The molecule has 0 unspecified atom stereocenters. The van der Waals surface area contributed by atoms with Gasteiger partial charge in [-0.3, -0.25) is 9.59 Å². The number of rotatable bonds is 4. The van der Waals surface area contributed by atoms with Crippen molar-refractivity contribution in [3.05, 3.63) is 59.1 Å². The summed E-state index contributed by atoms with van der Waals surface area (Å²) in [4.78, 5) is 25.0. The molecular formula is C19H20ClN3O3. The maximum Gasteiger partial charge on any atom is 0.257 e. The van der Waals surface area contributed by atoms with Crippen LogP contribution in [0.15, 0.2) is 48.5 Å². The summed E-state index contributed by atoms with van der Waals surface area (Å²) in [6.07, 6.45) is 0.904. The predicted molar refractivity (Wildman–Crippen MR) is 101 cm³/mol. The van der Waals surface area contributed by atoms with Crippen LogP contribution in [0, 0.1) is 0 Å². The lowest BCUT2D eigenvalue weighted by molar-refractivity contribution is -0.124. The van der Waals surface area contributed by atoms with Crippen LogP contribution < -0.4 is 16.4 Å². The van der Waals surface area contributed by atoms with Crippen molar-refractivity contribution in [3.8, 4) is 0 Å². The van der Waals surface area contributed by atoms with Crippen LogP contribution in [-0.2, 0) is 9.53 Å². The van der Waals surface area contributed by atoms with E-state index in [1.165, 1.54) is 0 Å². The average molecular weight is 374 g/mol. The van der Waals surface area contributed by atoms with Gasteiger partial charge in [0.1, 0.15) is 5.54 Å². The Hall–Kier alpha value is -2.41. The van der Waals surface area contributed by atoms with Crippen molar-refractivity contribution >= 4 is 34.8 Å². The third-order valence-electron chi connectivity index (χ3n) is 4.34. The molecule has 136 valence electrons. The fourth-order valence-electron chi connectivity index (χ4n) is 2.72. The molecule has 6 nitrogen and oxygen atoms in total. The lowest BCUT2D eigenvalue weighted by atomic mass is 9.90. The molecule has 1 aliphatic rings. The Morgan fingerprint density at radius 3 is 2.38 bits per heavy atom. The number of amides is 2. The number of hydrogen-bond donors (Lipinski definition) is 3. The summed E-state index contributed by atoms with van der Waals surface area (Å²) in [5.41, 5.74) is 6.61. The van der Waals surface area contributed by atoms with Gasteiger partial charge in [0.05, 0.1) is 10.6 Å². The summed E-state index contributed by atoms with van der Waals surface area (Å²) in [7, 11) is 0. The maximum atomic E-state index is 12.5. The van der Waals surface area contributed by atoms with Gasteiger partial charge in [-0.1, -0.05) is 29.8 Å². The second-order valence-electron chi connectivity index (χ2n) is 6.24. The normalized spacial score (nSPS) is 15.9. The minimum atomic E-state index is -0.968. The number of para-hydroxylation sites is 1. The van der Waals surface area contributed by atoms with Gasteiger partial charge in [0.25, 0.3) is 5.91 Å². The first kappa shape index (κ1) is 18.4. The second kappa shape index (κ2) is 7.86. The van der Waals surface area contributed by atoms with E-state index in [2.05, 4.69) is 10.6 Å². The van der Waals surface area contributed by atoms with Crippen molar-refractivity contribution in [2.75, 3.05) is 23.8 Å². The molecule has 0 spiro atoms. The van der Waals surface area contributed by atoms with Crippen molar-refractivity contribution in [1.82, 2.24) is 0 Å². The first-order valence-corrected chi connectivity index (χ1v) is 8.70. The number of anilines is 2. The molecule has 7 heteroatoms. The molecule has 1 heterocycles. The average Bonchev–Trinajstić information content (AvgIpc) is 2.64. The number of ether oxygens (including phenoxy) is 1. The summed E-state index contributed by atoms with van der Waals surface area (Å²) < 4.78 is 5.26.